The molecule has 0 saturated carbocycles. The van der Waals surface area contributed by atoms with E-state index in [2.05, 4.69) is 4.98 Å². The summed E-state index contributed by atoms with van der Waals surface area (Å²) in [6.07, 6.45) is 1.05. The lowest BCUT2D eigenvalue weighted by atomic mass is 9.81. The van der Waals surface area contributed by atoms with Gasteiger partial charge in [0.25, 0.3) is 0 Å². The molecule has 4 heterocycles. The third-order valence-corrected chi connectivity index (χ3v) is 6.86. The lowest BCUT2D eigenvalue weighted by Crippen LogP contribution is -2.36. The van der Waals surface area contributed by atoms with Crippen LogP contribution in [0.4, 0.5) is 8.78 Å². The Morgan fingerprint density at radius 1 is 1.16 bits per heavy atom. The van der Waals surface area contributed by atoms with E-state index in [-0.39, 0.29) is 54.9 Å². The Morgan fingerprint density at radius 2 is 1.81 bits per heavy atom. The minimum Gasteiger partial charge on any atom is -0.458 e. The molecule has 3 aliphatic heterocycles. The molecule has 2 amide bonds. The monoisotopic (exact) mass is 448 g/mol. The Labute approximate surface area is 180 Å². The molecule has 2 bridgehead atoms. The van der Waals surface area contributed by atoms with Gasteiger partial charge in [-0.15, -0.1) is 11.3 Å². The molecule has 4 atom stereocenters. The first-order valence-corrected chi connectivity index (χ1v) is 10.9. The van der Waals surface area contributed by atoms with Gasteiger partial charge >= 0.3 is 5.97 Å². The topological polar surface area (TPSA) is 85.8 Å². The molecule has 1 aromatic carbocycles. The summed E-state index contributed by atoms with van der Waals surface area (Å²) < 4.78 is 38.6. The fourth-order valence-electron chi connectivity index (χ4n) is 4.65. The Morgan fingerprint density at radius 3 is 2.45 bits per heavy atom. The maximum absolute atomic E-state index is 13.9. The Kier molecular flexibility index (Phi) is 5.05. The summed E-state index contributed by atoms with van der Waals surface area (Å²) in [7, 11) is 0. The van der Waals surface area contributed by atoms with E-state index >= 15 is 0 Å². The largest absolute Gasteiger partial charge is 0.458 e. The van der Waals surface area contributed by atoms with Crippen molar-refractivity contribution in [2.75, 3.05) is 6.54 Å². The zero-order valence-electron chi connectivity index (χ0n) is 16.3. The fraction of sp³-hybridized carbons (Fsp3) is 0.429. The van der Waals surface area contributed by atoms with E-state index in [1.54, 1.807) is 0 Å². The zero-order valence-corrected chi connectivity index (χ0v) is 17.1. The number of fused-ring (bicyclic) bond motifs is 5. The van der Waals surface area contributed by atoms with Crippen LogP contribution >= 0.6 is 11.3 Å². The van der Waals surface area contributed by atoms with Crippen LogP contribution in [-0.2, 0) is 30.5 Å². The highest BCUT2D eigenvalue weighted by atomic mass is 32.1. The molecule has 0 radical (unpaired) electrons. The van der Waals surface area contributed by atoms with Crippen molar-refractivity contribution in [2.45, 2.75) is 38.1 Å². The summed E-state index contributed by atoms with van der Waals surface area (Å²) in [6, 6.07) is 3.55. The number of likely N-dealkylation sites (tertiary alicyclic amines) is 1. The predicted octanol–water partition coefficient (Wildman–Crippen LogP) is 2.68. The molecule has 162 valence electrons. The predicted molar refractivity (Wildman–Crippen MR) is 103 cm³/mol. The van der Waals surface area contributed by atoms with Crippen molar-refractivity contribution in [3.8, 4) is 11.3 Å². The lowest BCUT2D eigenvalue weighted by molar-refractivity contribution is -0.147. The summed E-state index contributed by atoms with van der Waals surface area (Å²) in [5, 5.41) is 1.86. The first kappa shape index (κ1) is 20.2. The number of nitrogens with zero attached hydrogens (tertiary/aromatic N) is 2. The number of carbonyl (C=O) groups is 3. The molecule has 2 aromatic rings. The quantitative estimate of drug-likeness (QED) is 0.499. The molecule has 31 heavy (non-hydrogen) atoms. The molecule has 0 aliphatic carbocycles. The molecule has 3 aliphatic rings. The smallest absolute Gasteiger partial charge is 0.308 e. The van der Waals surface area contributed by atoms with Crippen LogP contribution in [0.15, 0.2) is 23.6 Å². The molecule has 1 aromatic heterocycles. The van der Waals surface area contributed by atoms with Gasteiger partial charge in [-0.1, -0.05) is 6.07 Å². The average Bonchev–Trinajstić information content (AvgIpc) is 3.51. The summed E-state index contributed by atoms with van der Waals surface area (Å²) in [5.74, 6) is -3.43. The van der Waals surface area contributed by atoms with Gasteiger partial charge in [-0.2, -0.15) is 0 Å². The van der Waals surface area contributed by atoms with Crippen molar-refractivity contribution in [3.05, 3.63) is 40.2 Å². The van der Waals surface area contributed by atoms with Gasteiger partial charge in [0.2, 0.25) is 11.8 Å². The molecule has 7 nitrogen and oxygen atoms in total. The first-order valence-electron chi connectivity index (χ1n) is 9.99. The first-order chi connectivity index (χ1) is 14.9. The lowest BCUT2D eigenvalue weighted by Gasteiger charge is -2.16. The molecule has 3 fully saturated rings. The third-order valence-electron chi connectivity index (χ3n) is 6.04. The van der Waals surface area contributed by atoms with Gasteiger partial charge in [-0.05, 0) is 25.0 Å². The fourth-order valence-corrected chi connectivity index (χ4v) is 5.34. The second kappa shape index (κ2) is 7.76. The second-order valence-electron chi connectivity index (χ2n) is 7.80. The summed E-state index contributed by atoms with van der Waals surface area (Å²) in [4.78, 5) is 42.5. The highest BCUT2D eigenvalue weighted by molar-refractivity contribution is 7.09. The van der Waals surface area contributed by atoms with E-state index in [1.165, 1.54) is 11.4 Å². The minimum absolute atomic E-state index is 0.0352. The number of hydrogen-bond donors (Lipinski definition) is 0. The van der Waals surface area contributed by atoms with E-state index in [1.807, 2.05) is 0 Å². The van der Waals surface area contributed by atoms with Crippen molar-refractivity contribution >= 4 is 29.1 Å². The van der Waals surface area contributed by atoms with Crippen LogP contribution in [-0.4, -0.2) is 46.4 Å². The number of esters is 1. The SMILES string of the molecule is O=C(CCN1C(=O)[C@@H]2[C@@H](C1=O)[C@H]1CC[C@H]2O1)OCc1nc(-c2c(F)cccc2F)cs1. The third kappa shape index (κ3) is 3.43. The van der Waals surface area contributed by atoms with Gasteiger partial charge in [0, 0.05) is 11.9 Å². The molecule has 0 spiro atoms. The van der Waals surface area contributed by atoms with Gasteiger partial charge < -0.3 is 9.47 Å². The maximum atomic E-state index is 13.9. The molecule has 5 rings (SSSR count). The number of rotatable bonds is 6. The standard InChI is InChI=1S/C21H18F2N2O5S/c22-10-2-1-3-11(23)17(10)12-9-31-15(24-12)8-29-16(26)6-7-25-20(27)18-13-4-5-14(30-13)19(18)21(25)28/h1-3,9,13-14,18-19H,4-8H2/t13-,14-,18+,19+/m1/s1. The summed E-state index contributed by atoms with van der Waals surface area (Å²) in [5.41, 5.74) is -0.103. The molecular formula is C21H18F2N2O5S. The number of aromatic nitrogens is 1. The Bertz CT molecular complexity index is 1030. The number of ether oxygens (including phenoxy) is 2. The number of thiazole rings is 1. The van der Waals surface area contributed by atoms with E-state index in [0.717, 1.165) is 41.2 Å². The number of imide groups is 1. The molecule has 0 unspecified atom stereocenters. The number of benzene rings is 1. The van der Waals surface area contributed by atoms with Crippen LogP contribution in [0.2, 0.25) is 0 Å². The summed E-state index contributed by atoms with van der Waals surface area (Å²) in [6.45, 7) is -0.197. The van der Waals surface area contributed by atoms with Crippen molar-refractivity contribution in [1.29, 1.82) is 0 Å². The van der Waals surface area contributed by atoms with Gasteiger partial charge in [0.1, 0.15) is 23.2 Å². The van der Waals surface area contributed by atoms with Crippen LogP contribution in [0, 0.1) is 23.5 Å². The van der Waals surface area contributed by atoms with Crippen molar-refractivity contribution in [3.63, 3.8) is 0 Å². The highest BCUT2D eigenvalue weighted by Gasteiger charge is 2.62. The van der Waals surface area contributed by atoms with Crippen LogP contribution in [0.1, 0.15) is 24.3 Å². The molecular weight excluding hydrogens is 430 g/mol. The number of carbonyl (C=O) groups excluding carboxylic acids is 3. The minimum atomic E-state index is -0.725. The average molecular weight is 448 g/mol. The summed E-state index contributed by atoms with van der Waals surface area (Å²) >= 11 is 1.11. The molecule has 10 heteroatoms. The van der Waals surface area contributed by atoms with Crippen LogP contribution < -0.4 is 0 Å². The zero-order chi connectivity index (χ0) is 21.7. The van der Waals surface area contributed by atoms with Gasteiger partial charge in [-0.3, -0.25) is 19.3 Å². The van der Waals surface area contributed by atoms with Gasteiger partial charge in [0.05, 0.1) is 41.7 Å². The van der Waals surface area contributed by atoms with Gasteiger partial charge in [-0.25, -0.2) is 13.8 Å². The van der Waals surface area contributed by atoms with Gasteiger partial charge in [0.15, 0.2) is 0 Å². The van der Waals surface area contributed by atoms with Crippen LogP contribution in [0.5, 0.6) is 0 Å². The second-order valence-corrected chi connectivity index (χ2v) is 8.75. The highest BCUT2D eigenvalue weighted by Crippen LogP contribution is 2.48. The normalized spacial score (nSPS) is 26.6. The van der Waals surface area contributed by atoms with Crippen LogP contribution in [0.3, 0.4) is 0 Å². The van der Waals surface area contributed by atoms with E-state index in [9.17, 15) is 23.2 Å². The van der Waals surface area contributed by atoms with Crippen molar-refractivity contribution in [1.82, 2.24) is 9.88 Å². The van der Waals surface area contributed by atoms with E-state index in [0.29, 0.717) is 5.01 Å². The molecule has 0 N–H and O–H groups in total. The van der Waals surface area contributed by atoms with Crippen LogP contribution in [0.25, 0.3) is 11.3 Å². The maximum Gasteiger partial charge on any atom is 0.308 e. The number of halogens is 2. The number of hydrogen-bond acceptors (Lipinski definition) is 7. The van der Waals surface area contributed by atoms with Crippen molar-refractivity contribution in [2.24, 2.45) is 11.8 Å². The molecule has 3 saturated heterocycles. The van der Waals surface area contributed by atoms with E-state index < -0.39 is 29.4 Å². The van der Waals surface area contributed by atoms with Crippen molar-refractivity contribution < 1.29 is 32.6 Å². The number of amides is 2. The Hall–Kier alpha value is -2.72. The Balaban J connectivity index is 1.15. The van der Waals surface area contributed by atoms with E-state index in [4.69, 9.17) is 9.47 Å².